The van der Waals surface area contributed by atoms with E-state index in [1.54, 1.807) is 17.6 Å². The standard InChI is InChI=1S/C24H19N5O2S2/c30-23(15-32-24-28-20-7-3-4-8-21(20)33-24)29-25-13-16-9-11-17(12-10-16)31-14-22-26-18-5-1-2-6-19(18)27-22/h1-13H,14-15H2,(H,26,27)(H,29,30)/b25-13-. The molecular formula is C24H19N5O2S2. The summed E-state index contributed by atoms with van der Waals surface area (Å²) in [6.45, 7) is 0.352. The van der Waals surface area contributed by atoms with E-state index in [1.165, 1.54) is 11.8 Å². The van der Waals surface area contributed by atoms with Crippen LogP contribution in [0.2, 0.25) is 0 Å². The van der Waals surface area contributed by atoms with Gasteiger partial charge in [-0.15, -0.1) is 11.3 Å². The first kappa shape index (κ1) is 21.2. The lowest BCUT2D eigenvalue weighted by Gasteiger charge is -2.04. The van der Waals surface area contributed by atoms with Gasteiger partial charge in [-0.2, -0.15) is 5.10 Å². The molecule has 164 valence electrons. The lowest BCUT2D eigenvalue weighted by atomic mass is 10.2. The molecule has 0 fully saturated rings. The Morgan fingerprint density at radius 2 is 1.82 bits per heavy atom. The van der Waals surface area contributed by atoms with Gasteiger partial charge in [0.2, 0.25) is 0 Å². The van der Waals surface area contributed by atoms with Crippen LogP contribution in [0.25, 0.3) is 21.3 Å². The molecule has 7 nitrogen and oxygen atoms in total. The molecule has 0 unspecified atom stereocenters. The SMILES string of the molecule is O=C(CSc1nc2ccccc2s1)N/N=C\c1ccc(OCc2nc3ccccc3[nH]2)cc1. The maximum atomic E-state index is 12.1. The van der Waals surface area contributed by atoms with E-state index in [9.17, 15) is 4.79 Å². The molecule has 5 rings (SSSR count). The molecule has 0 aliphatic rings. The average molecular weight is 474 g/mol. The van der Waals surface area contributed by atoms with Gasteiger partial charge in [-0.25, -0.2) is 15.4 Å². The summed E-state index contributed by atoms with van der Waals surface area (Å²) in [6, 6.07) is 23.3. The number of nitrogens with one attached hydrogen (secondary N) is 2. The number of nitrogens with zero attached hydrogens (tertiary/aromatic N) is 3. The first-order valence-electron chi connectivity index (χ1n) is 10.2. The molecule has 5 aromatic rings. The number of H-pyrrole nitrogens is 1. The third-order valence-electron chi connectivity index (χ3n) is 4.70. The van der Waals surface area contributed by atoms with Crippen molar-refractivity contribution in [3.63, 3.8) is 0 Å². The molecule has 2 aromatic heterocycles. The van der Waals surface area contributed by atoms with Gasteiger partial charge in [0, 0.05) is 0 Å². The molecule has 0 saturated heterocycles. The van der Waals surface area contributed by atoms with Crippen LogP contribution in [0.3, 0.4) is 0 Å². The molecule has 0 atom stereocenters. The number of para-hydroxylation sites is 3. The van der Waals surface area contributed by atoms with Gasteiger partial charge in [0.25, 0.3) is 5.91 Å². The van der Waals surface area contributed by atoms with Gasteiger partial charge in [-0.05, 0) is 54.1 Å². The minimum atomic E-state index is -0.179. The number of rotatable bonds is 8. The number of thiazole rings is 1. The highest BCUT2D eigenvalue weighted by Gasteiger charge is 2.07. The second-order valence-electron chi connectivity index (χ2n) is 7.09. The van der Waals surface area contributed by atoms with E-state index in [0.717, 1.165) is 42.7 Å². The maximum Gasteiger partial charge on any atom is 0.250 e. The van der Waals surface area contributed by atoms with E-state index >= 15 is 0 Å². The van der Waals surface area contributed by atoms with Crippen molar-refractivity contribution < 1.29 is 9.53 Å². The zero-order valence-electron chi connectivity index (χ0n) is 17.4. The van der Waals surface area contributed by atoms with Crippen LogP contribution in [0, 0.1) is 0 Å². The summed E-state index contributed by atoms with van der Waals surface area (Å²) in [5, 5.41) is 4.03. The smallest absolute Gasteiger partial charge is 0.250 e. The van der Waals surface area contributed by atoms with Crippen LogP contribution in [0.15, 0.2) is 82.2 Å². The lowest BCUT2D eigenvalue weighted by Crippen LogP contribution is -2.19. The van der Waals surface area contributed by atoms with Crippen molar-refractivity contribution in [2.45, 2.75) is 10.9 Å². The zero-order chi connectivity index (χ0) is 22.5. The molecule has 9 heteroatoms. The Bertz CT molecular complexity index is 1360. The second kappa shape index (κ2) is 9.85. The molecule has 0 bridgehead atoms. The fraction of sp³-hybridized carbons (Fsp3) is 0.0833. The van der Waals surface area contributed by atoms with E-state index < -0.39 is 0 Å². The summed E-state index contributed by atoms with van der Waals surface area (Å²) in [5.41, 5.74) is 6.26. The number of benzene rings is 3. The van der Waals surface area contributed by atoms with Gasteiger partial charge in [0.05, 0.1) is 33.2 Å². The van der Waals surface area contributed by atoms with Crippen molar-refractivity contribution >= 4 is 56.5 Å². The summed E-state index contributed by atoms with van der Waals surface area (Å²) in [4.78, 5) is 24.3. The number of imidazole rings is 1. The minimum absolute atomic E-state index is 0.179. The normalized spacial score (nSPS) is 11.4. The first-order valence-corrected chi connectivity index (χ1v) is 12.0. The van der Waals surface area contributed by atoms with Crippen molar-refractivity contribution in [2.75, 3.05) is 5.75 Å². The van der Waals surface area contributed by atoms with E-state index in [4.69, 9.17) is 4.74 Å². The average Bonchev–Trinajstić information content (AvgIpc) is 3.45. The Morgan fingerprint density at radius 1 is 1.03 bits per heavy atom. The molecule has 0 aliphatic carbocycles. The molecule has 3 aromatic carbocycles. The monoisotopic (exact) mass is 473 g/mol. The molecule has 0 radical (unpaired) electrons. The predicted molar refractivity (Wildman–Crippen MR) is 133 cm³/mol. The van der Waals surface area contributed by atoms with Crippen LogP contribution in [-0.2, 0) is 11.4 Å². The Kier molecular flexibility index (Phi) is 6.32. The van der Waals surface area contributed by atoms with Crippen molar-refractivity contribution in [1.29, 1.82) is 0 Å². The highest BCUT2D eigenvalue weighted by Crippen LogP contribution is 2.29. The number of fused-ring (bicyclic) bond motifs is 2. The van der Waals surface area contributed by atoms with E-state index in [2.05, 4.69) is 25.5 Å². The fourth-order valence-electron chi connectivity index (χ4n) is 3.13. The fourth-order valence-corrected chi connectivity index (χ4v) is 4.99. The van der Waals surface area contributed by atoms with E-state index in [-0.39, 0.29) is 11.7 Å². The van der Waals surface area contributed by atoms with Gasteiger partial charge < -0.3 is 9.72 Å². The molecule has 2 heterocycles. The van der Waals surface area contributed by atoms with Gasteiger partial charge in [0.1, 0.15) is 18.2 Å². The number of ether oxygens (including phenoxy) is 1. The number of thioether (sulfide) groups is 1. The van der Waals surface area contributed by atoms with Crippen LogP contribution in [-0.4, -0.2) is 32.8 Å². The summed E-state index contributed by atoms with van der Waals surface area (Å²) >= 11 is 2.98. The second-order valence-corrected chi connectivity index (χ2v) is 9.34. The van der Waals surface area contributed by atoms with Crippen LogP contribution in [0.4, 0.5) is 0 Å². The first-order chi connectivity index (χ1) is 16.2. The molecule has 0 aliphatic heterocycles. The topological polar surface area (TPSA) is 92.3 Å². The van der Waals surface area contributed by atoms with Gasteiger partial charge in [0.15, 0.2) is 4.34 Å². The number of carbonyl (C=O) groups is 1. The van der Waals surface area contributed by atoms with Crippen molar-refractivity contribution in [2.24, 2.45) is 5.10 Å². The van der Waals surface area contributed by atoms with Crippen molar-refractivity contribution in [1.82, 2.24) is 20.4 Å². The van der Waals surface area contributed by atoms with Crippen LogP contribution in [0.1, 0.15) is 11.4 Å². The van der Waals surface area contributed by atoms with Crippen LogP contribution >= 0.6 is 23.1 Å². The number of hydrogen-bond donors (Lipinski definition) is 2. The van der Waals surface area contributed by atoms with Crippen LogP contribution < -0.4 is 10.2 Å². The Hall–Kier alpha value is -3.69. The minimum Gasteiger partial charge on any atom is -0.486 e. The number of amides is 1. The quantitative estimate of drug-likeness (QED) is 0.188. The van der Waals surface area contributed by atoms with Gasteiger partial charge >= 0.3 is 0 Å². The Morgan fingerprint density at radius 3 is 2.64 bits per heavy atom. The third kappa shape index (κ3) is 5.39. The number of carbonyl (C=O) groups excluding carboxylic acids is 1. The Balaban J connectivity index is 1.08. The molecular weight excluding hydrogens is 454 g/mol. The number of aromatic amines is 1. The third-order valence-corrected chi connectivity index (χ3v) is 6.88. The maximum absolute atomic E-state index is 12.1. The van der Waals surface area contributed by atoms with Gasteiger partial charge in [-0.1, -0.05) is 36.0 Å². The Labute approximate surface area is 197 Å². The van der Waals surface area contributed by atoms with Crippen LogP contribution in [0.5, 0.6) is 5.75 Å². The van der Waals surface area contributed by atoms with Crippen molar-refractivity contribution in [3.05, 3.63) is 84.2 Å². The van der Waals surface area contributed by atoms with Gasteiger partial charge in [-0.3, -0.25) is 4.79 Å². The largest absolute Gasteiger partial charge is 0.486 e. The molecule has 33 heavy (non-hydrogen) atoms. The van der Waals surface area contributed by atoms with E-state index in [1.807, 2.05) is 72.8 Å². The molecule has 2 N–H and O–H groups in total. The summed E-state index contributed by atoms with van der Waals surface area (Å²) in [5.74, 6) is 1.57. The predicted octanol–water partition coefficient (Wildman–Crippen LogP) is 4.99. The lowest BCUT2D eigenvalue weighted by molar-refractivity contribution is -0.118. The highest BCUT2D eigenvalue weighted by atomic mass is 32.2. The number of hydrogen-bond acceptors (Lipinski definition) is 7. The summed E-state index contributed by atoms with van der Waals surface area (Å²) in [7, 11) is 0. The molecule has 1 amide bonds. The number of aromatic nitrogens is 3. The van der Waals surface area contributed by atoms with E-state index in [0.29, 0.717) is 6.61 Å². The highest BCUT2D eigenvalue weighted by molar-refractivity contribution is 8.01. The zero-order valence-corrected chi connectivity index (χ0v) is 19.0. The number of hydrazone groups is 1. The summed E-state index contributed by atoms with van der Waals surface area (Å²) in [6.07, 6.45) is 1.60. The van der Waals surface area contributed by atoms with Crippen molar-refractivity contribution in [3.8, 4) is 5.75 Å². The molecule has 0 saturated carbocycles. The summed E-state index contributed by atoms with van der Waals surface area (Å²) < 4.78 is 7.78. The molecule has 0 spiro atoms.